The second-order valence-corrected chi connectivity index (χ2v) is 12.6. The fourth-order valence-corrected chi connectivity index (χ4v) is 5.97. The number of sulfone groups is 1. The van der Waals surface area contributed by atoms with Gasteiger partial charge in [-0.15, -0.1) is 0 Å². The normalized spacial score (nSPS) is 20.4. The summed E-state index contributed by atoms with van der Waals surface area (Å²) in [6, 6.07) is 15.3. The summed E-state index contributed by atoms with van der Waals surface area (Å²) in [6.45, 7) is 1.83. The van der Waals surface area contributed by atoms with Crippen LogP contribution < -0.4 is 0 Å². The number of hydrogen-bond acceptors (Lipinski definition) is 5. The lowest BCUT2D eigenvalue weighted by molar-refractivity contribution is -0.184. The molecule has 0 radical (unpaired) electrons. The molecule has 212 valence electrons. The average Bonchev–Trinajstić information content (AvgIpc) is 2.89. The quantitative estimate of drug-likeness (QED) is 0.318. The minimum atomic E-state index is -3.79. The summed E-state index contributed by atoms with van der Waals surface area (Å²) in [6.07, 6.45) is -0.478. The second kappa shape index (κ2) is 12.3. The van der Waals surface area contributed by atoms with Gasteiger partial charge in [0, 0.05) is 22.7 Å². The molecule has 1 saturated heterocycles. The summed E-state index contributed by atoms with van der Waals surface area (Å²) in [4.78, 5) is 27.5. The SMILES string of the molecule is CCC[C@H](C(=O)O)N1C(=O)[C@H](Cc2ccc(S(C)(=O)=O)c(F)c2)O[C@@H](c2ccc(Cl)cc2)[C@H]1c1ccc(Cl)cc1. The van der Waals surface area contributed by atoms with Crippen molar-refractivity contribution in [3.8, 4) is 0 Å². The van der Waals surface area contributed by atoms with Crippen molar-refractivity contribution >= 4 is 44.9 Å². The monoisotopic (exact) mass is 607 g/mol. The van der Waals surface area contributed by atoms with Crippen molar-refractivity contribution < 1.29 is 32.2 Å². The minimum absolute atomic E-state index is 0.105. The maximum atomic E-state index is 14.7. The highest BCUT2D eigenvalue weighted by Gasteiger charge is 2.48. The maximum Gasteiger partial charge on any atom is 0.326 e. The average molecular weight is 609 g/mol. The van der Waals surface area contributed by atoms with Crippen molar-refractivity contribution in [3.63, 3.8) is 0 Å². The van der Waals surface area contributed by atoms with E-state index in [2.05, 4.69) is 0 Å². The number of carboxylic acid groups (broad SMARTS) is 1. The van der Waals surface area contributed by atoms with Gasteiger partial charge in [0.15, 0.2) is 9.84 Å². The number of aliphatic carboxylic acids is 1. The lowest BCUT2D eigenvalue weighted by Crippen LogP contribution is -2.57. The standard InChI is InChI=1S/C29H28Cl2FNO6S/c1-3-4-23(29(35)36)33-26(18-6-10-20(30)11-7-18)27(19-8-12-21(31)13-9-19)39-24(28(33)34)16-17-5-14-25(22(32)15-17)40(2,37)38/h5-15,23-24,26-27H,3-4,16H2,1-2H3,(H,35,36)/t23-,24+,26-,27+/m1/s1. The van der Waals surface area contributed by atoms with Gasteiger partial charge in [-0.1, -0.05) is 66.9 Å². The van der Waals surface area contributed by atoms with E-state index in [1.165, 1.54) is 11.0 Å². The first-order chi connectivity index (χ1) is 18.9. The Morgan fingerprint density at radius 3 is 2.10 bits per heavy atom. The van der Waals surface area contributed by atoms with Crippen LogP contribution >= 0.6 is 23.2 Å². The third-order valence-corrected chi connectivity index (χ3v) is 8.47. The Kier molecular flexibility index (Phi) is 9.19. The smallest absolute Gasteiger partial charge is 0.326 e. The fraction of sp³-hybridized carbons (Fsp3) is 0.310. The number of rotatable bonds is 9. The van der Waals surface area contributed by atoms with Gasteiger partial charge in [0.25, 0.3) is 5.91 Å². The van der Waals surface area contributed by atoms with Gasteiger partial charge >= 0.3 is 5.97 Å². The first-order valence-corrected chi connectivity index (χ1v) is 15.2. The van der Waals surface area contributed by atoms with E-state index < -0.39 is 56.7 Å². The number of carboxylic acids is 1. The Hall–Kier alpha value is -2.98. The van der Waals surface area contributed by atoms with Gasteiger partial charge in [-0.2, -0.15) is 0 Å². The molecule has 0 aromatic heterocycles. The Morgan fingerprint density at radius 1 is 1.02 bits per heavy atom. The third-order valence-electron chi connectivity index (χ3n) is 6.84. The minimum Gasteiger partial charge on any atom is -0.480 e. The maximum absolute atomic E-state index is 14.7. The molecule has 0 saturated carbocycles. The molecule has 4 atom stereocenters. The van der Waals surface area contributed by atoms with E-state index in [1.807, 2.05) is 6.92 Å². The van der Waals surface area contributed by atoms with E-state index >= 15 is 0 Å². The number of carbonyl (C=O) groups excluding carboxylic acids is 1. The molecule has 1 aliphatic heterocycles. The van der Waals surface area contributed by atoms with Gasteiger partial charge in [0.2, 0.25) is 0 Å². The molecule has 0 spiro atoms. The molecule has 1 N–H and O–H groups in total. The van der Waals surface area contributed by atoms with Crippen molar-refractivity contribution in [3.05, 3.63) is 99.3 Å². The van der Waals surface area contributed by atoms with E-state index in [0.717, 1.165) is 18.4 Å². The molecule has 40 heavy (non-hydrogen) atoms. The summed E-state index contributed by atoms with van der Waals surface area (Å²) in [5, 5.41) is 11.2. The summed E-state index contributed by atoms with van der Waals surface area (Å²) in [5.41, 5.74) is 1.61. The van der Waals surface area contributed by atoms with Crippen molar-refractivity contribution in [2.75, 3.05) is 6.26 Å². The topological polar surface area (TPSA) is 101 Å². The highest BCUT2D eigenvalue weighted by Crippen LogP contribution is 2.44. The van der Waals surface area contributed by atoms with E-state index in [1.54, 1.807) is 48.5 Å². The van der Waals surface area contributed by atoms with Crippen LogP contribution in [0.3, 0.4) is 0 Å². The van der Waals surface area contributed by atoms with Crippen LogP contribution in [0.1, 0.15) is 48.6 Å². The second-order valence-electron chi connectivity index (χ2n) is 9.72. The number of benzene rings is 3. The molecule has 3 aromatic rings. The number of carbonyl (C=O) groups is 2. The zero-order valence-electron chi connectivity index (χ0n) is 21.8. The number of halogens is 3. The highest BCUT2D eigenvalue weighted by atomic mass is 35.5. The molecule has 1 heterocycles. The Balaban J connectivity index is 1.84. The molecule has 4 rings (SSSR count). The molecule has 1 amide bonds. The number of nitrogens with zero attached hydrogens (tertiary/aromatic N) is 1. The predicted molar refractivity (Wildman–Crippen MR) is 150 cm³/mol. The summed E-state index contributed by atoms with van der Waals surface area (Å²) >= 11 is 12.3. The zero-order chi connectivity index (χ0) is 29.2. The van der Waals surface area contributed by atoms with E-state index in [9.17, 15) is 27.5 Å². The number of amides is 1. The molecule has 3 aromatic carbocycles. The Labute approximate surface area is 242 Å². The molecular weight excluding hydrogens is 580 g/mol. The highest BCUT2D eigenvalue weighted by molar-refractivity contribution is 7.90. The first kappa shape index (κ1) is 30.0. The van der Waals surface area contributed by atoms with Crippen LogP contribution in [0.25, 0.3) is 0 Å². The van der Waals surface area contributed by atoms with Crippen LogP contribution in [0.4, 0.5) is 4.39 Å². The first-order valence-electron chi connectivity index (χ1n) is 12.6. The van der Waals surface area contributed by atoms with E-state index in [4.69, 9.17) is 27.9 Å². The Bertz CT molecular complexity index is 1500. The molecular formula is C29H28Cl2FNO6S. The van der Waals surface area contributed by atoms with Crippen molar-refractivity contribution in [1.82, 2.24) is 4.90 Å². The fourth-order valence-electron chi connectivity index (χ4n) is 4.99. The number of hydrogen-bond donors (Lipinski definition) is 1. The molecule has 1 fully saturated rings. The Morgan fingerprint density at radius 2 is 1.60 bits per heavy atom. The zero-order valence-corrected chi connectivity index (χ0v) is 24.1. The molecule has 1 aliphatic rings. The summed E-state index contributed by atoms with van der Waals surface area (Å²) in [7, 11) is -3.79. The van der Waals surface area contributed by atoms with Crippen LogP contribution in [-0.4, -0.2) is 48.7 Å². The lowest BCUT2D eigenvalue weighted by Gasteiger charge is -2.47. The van der Waals surface area contributed by atoms with Gasteiger partial charge in [0.1, 0.15) is 29.0 Å². The van der Waals surface area contributed by atoms with Gasteiger partial charge in [-0.3, -0.25) is 4.79 Å². The lowest BCUT2D eigenvalue weighted by atomic mass is 9.88. The van der Waals surface area contributed by atoms with Gasteiger partial charge in [-0.05, 0) is 59.5 Å². The van der Waals surface area contributed by atoms with Crippen LogP contribution in [0.5, 0.6) is 0 Å². The van der Waals surface area contributed by atoms with E-state index in [-0.39, 0.29) is 12.8 Å². The van der Waals surface area contributed by atoms with Crippen LogP contribution in [-0.2, 0) is 30.6 Å². The summed E-state index contributed by atoms with van der Waals surface area (Å²) < 4.78 is 44.8. The molecule has 7 nitrogen and oxygen atoms in total. The number of morpholine rings is 1. The predicted octanol–water partition coefficient (Wildman–Crippen LogP) is 6.04. The van der Waals surface area contributed by atoms with Crippen molar-refractivity contribution in [2.24, 2.45) is 0 Å². The largest absolute Gasteiger partial charge is 0.480 e. The van der Waals surface area contributed by atoms with Gasteiger partial charge in [0.05, 0.1) is 6.04 Å². The van der Waals surface area contributed by atoms with Gasteiger partial charge < -0.3 is 14.7 Å². The van der Waals surface area contributed by atoms with Crippen LogP contribution in [0.15, 0.2) is 71.6 Å². The van der Waals surface area contributed by atoms with Crippen molar-refractivity contribution in [1.29, 1.82) is 0 Å². The molecule has 0 unspecified atom stereocenters. The molecule has 11 heteroatoms. The summed E-state index contributed by atoms with van der Waals surface area (Å²) in [5.74, 6) is -2.67. The molecule has 0 aliphatic carbocycles. The van der Waals surface area contributed by atoms with Gasteiger partial charge in [-0.25, -0.2) is 17.6 Å². The van der Waals surface area contributed by atoms with Crippen LogP contribution in [0.2, 0.25) is 10.0 Å². The molecule has 0 bridgehead atoms. The third kappa shape index (κ3) is 6.49. The van der Waals surface area contributed by atoms with Crippen LogP contribution in [0, 0.1) is 5.82 Å². The number of ether oxygens (including phenoxy) is 1. The van der Waals surface area contributed by atoms with Crippen molar-refractivity contribution in [2.45, 2.75) is 55.4 Å². The van der Waals surface area contributed by atoms with E-state index in [0.29, 0.717) is 33.2 Å².